The van der Waals surface area contributed by atoms with Gasteiger partial charge in [-0.05, 0) is 41.6 Å². The summed E-state index contributed by atoms with van der Waals surface area (Å²) in [7, 11) is 0. The van der Waals surface area contributed by atoms with Crippen molar-refractivity contribution in [3.8, 4) is 0 Å². The second-order valence-electron chi connectivity index (χ2n) is 3.75. The Balaban J connectivity index is 2.20. The van der Waals surface area contributed by atoms with Gasteiger partial charge in [0.05, 0.1) is 5.38 Å². The fourth-order valence-corrected chi connectivity index (χ4v) is 3.29. The Morgan fingerprint density at radius 2 is 2.19 bits per heavy atom. The summed E-state index contributed by atoms with van der Waals surface area (Å²) in [6, 6.07) is 10.5. The highest BCUT2D eigenvalue weighted by atomic mass is 79.9. The number of aryl methyl sites for hydroxylation is 1. The second-order valence-corrected chi connectivity index (χ2v) is 6.23. The summed E-state index contributed by atoms with van der Waals surface area (Å²) < 4.78 is 1.09. The minimum absolute atomic E-state index is 0.0520. The molecule has 1 unspecified atom stereocenters. The van der Waals surface area contributed by atoms with Crippen LogP contribution in [0.1, 0.15) is 21.4 Å². The molecule has 0 aliphatic rings. The van der Waals surface area contributed by atoms with Gasteiger partial charge in [-0.1, -0.05) is 28.1 Å². The van der Waals surface area contributed by atoms with E-state index in [-0.39, 0.29) is 5.38 Å². The van der Waals surface area contributed by atoms with E-state index in [4.69, 9.17) is 11.6 Å². The number of alkyl halides is 1. The van der Waals surface area contributed by atoms with E-state index in [9.17, 15) is 0 Å². The third-order valence-electron chi connectivity index (χ3n) is 2.54. The van der Waals surface area contributed by atoms with Gasteiger partial charge in [0.25, 0.3) is 0 Å². The fraction of sp³-hybridized carbons (Fsp3) is 0.231. The van der Waals surface area contributed by atoms with Gasteiger partial charge in [0.1, 0.15) is 0 Å². The Kier molecular flexibility index (Phi) is 4.06. The molecule has 0 bridgehead atoms. The van der Waals surface area contributed by atoms with Crippen molar-refractivity contribution in [3.63, 3.8) is 0 Å². The largest absolute Gasteiger partial charge is 0.149 e. The monoisotopic (exact) mass is 314 g/mol. The van der Waals surface area contributed by atoms with E-state index in [1.807, 2.05) is 6.07 Å². The van der Waals surface area contributed by atoms with Crippen molar-refractivity contribution in [2.24, 2.45) is 0 Å². The van der Waals surface area contributed by atoms with Crippen molar-refractivity contribution < 1.29 is 0 Å². The zero-order chi connectivity index (χ0) is 11.5. The average Bonchev–Trinajstić information content (AvgIpc) is 2.74. The van der Waals surface area contributed by atoms with Crippen LogP contribution in [0, 0.1) is 6.92 Å². The molecule has 0 amide bonds. The van der Waals surface area contributed by atoms with Crippen LogP contribution in [0.4, 0.5) is 0 Å². The Morgan fingerprint density at radius 3 is 2.88 bits per heavy atom. The quantitative estimate of drug-likeness (QED) is 0.670. The van der Waals surface area contributed by atoms with E-state index < -0.39 is 0 Å². The van der Waals surface area contributed by atoms with Gasteiger partial charge in [0, 0.05) is 15.8 Å². The number of halogens is 2. The molecule has 0 saturated heterocycles. The van der Waals surface area contributed by atoms with Gasteiger partial charge >= 0.3 is 0 Å². The first-order chi connectivity index (χ1) is 7.66. The molecule has 1 heterocycles. The fourth-order valence-electron chi connectivity index (χ4n) is 1.66. The number of benzene rings is 1. The number of rotatable bonds is 3. The van der Waals surface area contributed by atoms with Crippen molar-refractivity contribution in [3.05, 3.63) is 56.2 Å². The highest BCUT2D eigenvalue weighted by Gasteiger charge is 2.12. The molecule has 2 aromatic rings. The molecule has 3 heteroatoms. The molecule has 16 heavy (non-hydrogen) atoms. The lowest BCUT2D eigenvalue weighted by Gasteiger charge is -2.12. The number of hydrogen-bond donors (Lipinski definition) is 0. The molecular formula is C13H12BrClS. The van der Waals surface area contributed by atoms with E-state index in [2.05, 4.69) is 52.5 Å². The summed E-state index contributed by atoms with van der Waals surface area (Å²) in [6.45, 7) is 2.10. The standard InChI is InChI=1S/C13H12BrClS/c1-9-4-5-10(14)7-12(9)13(15)8-11-3-2-6-16-11/h2-7,13H,8H2,1H3. The molecule has 0 radical (unpaired) electrons. The summed E-state index contributed by atoms with van der Waals surface area (Å²) in [4.78, 5) is 1.33. The SMILES string of the molecule is Cc1ccc(Br)cc1C(Cl)Cc1cccs1. The normalized spacial score (nSPS) is 12.7. The predicted octanol–water partition coefficient (Wildman–Crippen LogP) is 5.34. The molecule has 0 aliphatic heterocycles. The lowest BCUT2D eigenvalue weighted by molar-refractivity contribution is 0.925. The summed E-state index contributed by atoms with van der Waals surface area (Å²) in [6.07, 6.45) is 0.899. The molecule has 84 valence electrons. The number of hydrogen-bond acceptors (Lipinski definition) is 1. The van der Waals surface area contributed by atoms with Crippen molar-refractivity contribution in [2.45, 2.75) is 18.7 Å². The van der Waals surface area contributed by atoms with Gasteiger partial charge in [-0.15, -0.1) is 22.9 Å². The van der Waals surface area contributed by atoms with Crippen molar-refractivity contribution >= 4 is 38.9 Å². The Hall–Kier alpha value is -0.310. The third kappa shape index (κ3) is 2.88. The van der Waals surface area contributed by atoms with Gasteiger partial charge < -0.3 is 0 Å². The van der Waals surface area contributed by atoms with Crippen LogP contribution in [-0.2, 0) is 6.42 Å². The van der Waals surface area contributed by atoms with Crippen molar-refractivity contribution in [1.29, 1.82) is 0 Å². The Morgan fingerprint density at radius 1 is 1.38 bits per heavy atom. The molecule has 2 rings (SSSR count). The zero-order valence-electron chi connectivity index (χ0n) is 8.91. The highest BCUT2D eigenvalue weighted by molar-refractivity contribution is 9.10. The van der Waals surface area contributed by atoms with E-state index in [1.165, 1.54) is 16.0 Å². The van der Waals surface area contributed by atoms with Gasteiger partial charge in [-0.25, -0.2) is 0 Å². The summed E-state index contributed by atoms with van der Waals surface area (Å²) in [5.74, 6) is 0. The molecule has 0 spiro atoms. The summed E-state index contributed by atoms with van der Waals surface area (Å²) in [5.41, 5.74) is 2.46. The smallest absolute Gasteiger partial charge is 0.0636 e. The predicted molar refractivity (Wildman–Crippen MR) is 75.5 cm³/mol. The molecule has 1 atom stereocenters. The minimum Gasteiger partial charge on any atom is -0.149 e. The van der Waals surface area contributed by atoms with Crippen LogP contribution in [0.15, 0.2) is 40.2 Å². The average molecular weight is 316 g/mol. The maximum atomic E-state index is 6.46. The molecular weight excluding hydrogens is 304 g/mol. The lowest BCUT2D eigenvalue weighted by Crippen LogP contribution is -1.97. The molecule has 1 aromatic carbocycles. The van der Waals surface area contributed by atoms with Crippen molar-refractivity contribution in [2.75, 3.05) is 0 Å². The Labute approximate surface area is 113 Å². The van der Waals surface area contributed by atoms with Crippen LogP contribution in [0.3, 0.4) is 0 Å². The summed E-state index contributed by atoms with van der Waals surface area (Å²) in [5, 5.41) is 2.14. The Bertz CT molecular complexity index is 465. The van der Waals surface area contributed by atoms with E-state index in [0.29, 0.717) is 0 Å². The second kappa shape index (κ2) is 5.35. The van der Waals surface area contributed by atoms with Gasteiger partial charge in [-0.3, -0.25) is 0 Å². The first-order valence-electron chi connectivity index (χ1n) is 5.09. The maximum absolute atomic E-state index is 6.46. The van der Waals surface area contributed by atoms with Crippen molar-refractivity contribution in [1.82, 2.24) is 0 Å². The van der Waals surface area contributed by atoms with Crippen LogP contribution < -0.4 is 0 Å². The molecule has 0 aliphatic carbocycles. The van der Waals surface area contributed by atoms with E-state index in [0.717, 1.165) is 10.9 Å². The topological polar surface area (TPSA) is 0 Å². The molecule has 0 saturated carbocycles. The van der Waals surface area contributed by atoms with Crippen LogP contribution in [0.25, 0.3) is 0 Å². The van der Waals surface area contributed by atoms with Gasteiger partial charge in [0.2, 0.25) is 0 Å². The van der Waals surface area contributed by atoms with Crippen LogP contribution in [-0.4, -0.2) is 0 Å². The summed E-state index contributed by atoms with van der Waals surface area (Å²) >= 11 is 11.7. The van der Waals surface area contributed by atoms with Crippen LogP contribution in [0.2, 0.25) is 0 Å². The lowest BCUT2D eigenvalue weighted by atomic mass is 10.0. The molecule has 0 N–H and O–H groups in total. The van der Waals surface area contributed by atoms with Gasteiger partial charge in [0.15, 0.2) is 0 Å². The molecule has 0 nitrogen and oxygen atoms in total. The molecule has 0 fully saturated rings. The highest BCUT2D eigenvalue weighted by Crippen LogP contribution is 2.30. The first kappa shape index (κ1) is 12.2. The van der Waals surface area contributed by atoms with Crippen LogP contribution in [0.5, 0.6) is 0 Å². The van der Waals surface area contributed by atoms with Gasteiger partial charge in [-0.2, -0.15) is 0 Å². The first-order valence-corrected chi connectivity index (χ1v) is 7.20. The third-order valence-corrected chi connectivity index (χ3v) is 4.32. The minimum atomic E-state index is 0.0520. The number of thiophene rings is 1. The van der Waals surface area contributed by atoms with E-state index >= 15 is 0 Å². The van der Waals surface area contributed by atoms with Crippen LogP contribution >= 0.6 is 38.9 Å². The van der Waals surface area contributed by atoms with E-state index in [1.54, 1.807) is 11.3 Å². The molecule has 1 aromatic heterocycles. The maximum Gasteiger partial charge on any atom is 0.0636 e. The zero-order valence-corrected chi connectivity index (χ0v) is 12.1.